The summed E-state index contributed by atoms with van der Waals surface area (Å²) >= 11 is 0. The average Bonchev–Trinajstić information content (AvgIpc) is 3.05. The van der Waals surface area contributed by atoms with E-state index < -0.39 is 0 Å². The third-order valence-corrected chi connectivity index (χ3v) is 2.94. The molecule has 1 rings (SSSR count). The van der Waals surface area contributed by atoms with Crippen molar-refractivity contribution in [3.05, 3.63) is 12.2 Å². The quantitative estimate of drug-likeness (QED) is 0.294. The van der Waals surface area contributed by atoms with Gasteiger partial charge in [0.25, 0.3) is 0 Å². The van der Waals surface area contributed by atoms with E-state index in [9.17, 15) is 0 Å². The van der Waals surface area contributed by atoms with E-state index in [-0.39, 0.29) is 0 Å². The maximum absolute atomic E-state index is 5.18. The summed E-state index contributed by atoms with van der Waals surface area (Å²) in [6.45, 7) is 3.28. The molecule has 0 radical (unpaired) electrons. The molecule has 88 valence electrons. The number of epoxide rings is 1. The molecule has 1 fully saturated rings. The van der Waals surface area contributed by atoms with Crippen LogP contribution in [0.25, 0.3) is 0 Å². The lowest BCUT2D eigenvalue weighted by molar-refractivity contribution is 0.388. The Kier molecular flexibility index (Phi) is 7.63. The largest absolute Gasteiger partial charge is 0.373 e. The first-order valence-corrected chi connectivity index (χ1v) is 6.70. The summed E-state index contributed by atoms with van der Waals surface area (Å²) in [6.07, 6.45) is 17.4. The van der Waals surface area contributed by atoms with Crippen LogP contribution in [0.1, 0.15) is 64.7 Å². The zero-order valence-corrected chi connectivity index (χ0v) is 10.2. The average molecular weight is 210 g/mol. The van der Waals surface area contributed by atoms with Gasteiger partial charge in [0, 0.05) is 0 Å². The second kappa shape index (κ2) is 8.96. The van der Waals surface area contributed by atoms with Crippen LogP contribution in [0.3, 0.4) is 0 Å². The summed E-state index contributed by atoms with van der Waals surface area (Å²) in [5.41, 5.74) is 0. The van der Waals surface area contributed by atoms with Crippen molar-refractivity contribution < 1.29 is 4.74 Å². The van der Waals surface area contributed by atoms with E-state index >= 15 is 0 Å². The summed E-state index contributed by atoms with van der Waals surface area (Å²) in [4.78, 5) is 0. The first kappa shape index (κ1) is 12.8. The Hall–Kier alpha value is -0.300. The van der Waals surface area contributed by atoms with Gasteiger partial charge in [-0.2, -0.15) is 0 Å². The number of hydrogen-bond donors (Lipinski definition) is 0. The molecular weight excluding hydrogens is 184 g/mol. The van der Waals surface area contributed by atoms with Gasteiger partial charge in [-0.25, -0.2) is 0 Å². The molecule has 0 aromatic carbocycles. The minimum absolute atomic E-state index is 0.634. The van der Waals surface area contributed by atoms with Gasteiger partial charge in [0.1, 0.15) is 0 Å². The molecule has 1 nitrogen and oxygen atoms in total. The summed E-state index contributed by atoms with van der Waals surface area (Å²) in [6, 6.07) is 0. The van der Waals surface area contributed by atoms with Crippen molar-refractivity contribution in [2.45, 2.75) is 70.8 Å². The van der Waals surface area contributed by atoms with E-state index in [1.165, 1.54) is 57.8 Å². The lowest BCUT2D eigenvalue weighted by atomic mass is 10.1. The van der Waals surface area contributed by atoms with Gasteiger partial charge in [0.15, 0.2) is 0 Å². The highest BCUT2D eigenvalue weighted by Gasteiger charge is 2.20. The van der Waals surface area contributed by atoms with Crippen LogP contribution in [0, 0.1) is 0 Å². The van der Waals surface area contributed by atoms with E-state index in [0.29, 0.717) is 6.10 Å². The molecule has 1 aliphatic heterocycles. The zero-order valence-electron chi connectivity index (χ0n) is 10.2. The molecule has 0 aromatic heterocycles. The van der Waals surface area contributed by atoms with Crippen LogP contribution in [0.4, 0.5) is 0 Å². The molecule has 15 heavy (non-hydrogen) atoms. The number of ether oxygens (including phenoxy) is 1. The Labute approximate surface area is 94.9 Å². The topological polar surface area (TPSA) is 12.5 Å². The predicted octanol–water partition coefficient (Wildman–Crippen LogP) is 4.47. The van der Waals surface area contributed by atoms with Gasteiger partial charge in [-0.1, -0.05) is 44.8 Å². The molecule has 1 heterocycles. The molecule has 1 aliphatic rings. The molecule has 0 N–H and O–H groups in total. The first-order chi connectivity index (χ1) is 7.43. The SMILES string of the molecule is CCCCC/C=C/CCCCCC1CO1. The van der Waals surface area contributed by atoms with Gasteiger partial charge in [-0.3, -0.25) is 0 Å². The Bertz CT molecular complexity index is 159. The number of allylic oxidation sites excluding steroid dienone is 2. The smallest absolute Gasteiger partial charge is 0.0810 e. The van der Waals surface area contributed by atoms with E-state index in [1.807, 2.05) is 0 Å². The number of hydrogen-bond acceptors (Lipinski definition) is 1. The highest BCUT2D eigenvalue weighted by Crippen LogP contribution is 2.17. The van der Waals surface area contributed by atoms with Crippen molar-refractivity contribution in [1.82, 2.24) is 0 Å². The molecule has 0 aromatic rings. The van der Waals surface area contributed by atoms with Crippen LogP contribution >= 0.6 is 0 Å². The van der Waals surface area contributed by atoms with Gasteiger partial charge >= 0.3 is 0 Å². The Balaban J connectivity index is 1.71. The van der Waals surface area contributed by atoms with Gasteiger partial charge in [0.2, 0.25) is 0 Å². The summed E-state index contributed by atoms with van der Waals surface area (Å²) in [5.74, 6) is 0. The third-order valence-electron chi connectivity index (χ3n) is 2.94. The Morgan fingerprint density at radius 1 is 1.00 bits per heavy atom. The monoisotopic (exact) mass is 210 g/mol. The van der Waals surface area contributed by atoms with E-state index in [2.05, 4.69) is 19.1 Å². The first-order valence-electron chi connectivity index (χ1n) is 6.70. The minimum atomic E-state index is 0.634. The third kappa shape index (κ3) is 8.68. The number of rotatable bonds is 10. The molecule has 0 amide bonds. The van der Waals surface area contributed by atoms with E-state index in [4.69, 9.17) is 4.74 Å². The van der Waals surface area contributed by atoms with Crippen LogP contribution in [0.2, 0.25) is 0 Å². The molecule has 1 atom stereocenters. The van der Waals surface area contributed by atoms with E-state index in [1.54, 1.807) is 0 Å². The zero-order chi connectivity index (χ0) is 10.8. The second-order valence-corrected chi connectivity index (χ2v) is 4.56. The fraction of sp³-hybridized carbons (Fsp3) is 0.857. The summed E-state index contributed by atoms with van der Waals surface area (Å²) in [5, 5.41) is 0. The molecule has 0 bridgehead atoms. The van der Waals surface area contributed by atoms with E-state index in [0.717, 1.165) is 6.61 Å². The van der Waals surface area contributed by atoms with Gasteiger partial charge in [0.05, 0.1) is 12.7 Å². The van der Waals surface area contributed by atoms with Gasteiger partial charge in [-0.05, 0) is 32.1 Å². The fourth-order valence-electron chi connectivity index (χ4n) is 1.79. The van der Waals surface area contributed by atoms with Crippen LogP contribution < -0.4 is 0 Å². The van der Waals surface area contributed by atoms with Crippen molar-refractivity contribution in [2.75, 3.05) is 6.61 Å². The molecule has 0 aliphatic carbocycles. The van der Waals surface area contributed by atoms with Crippen molar-refractivity contribution >= 4 is 0 Å². The minimum Gasteiger partial charge on any atom is -0.373 e. The lowest BCUT2D eigenvalue weighted by Gasteiger charge is -1.96. The molecule has 1 unspecified atom stereocenters. The lowest BCUT2D eigenvalue weighted by Crippen LogP contribution is -1.84. The van der Waals surface area contributed by atoms with Gasteiger partial charge in [-0.15, -0.1) is 0 Å². The normalized spacial score (nSPS) is 19.9. The molecule has 1 saturated heterocycles. The second-order valence-electron chi connectivity index (χ2n) is 4.56. The fourth-order valence-corrected chi connectivity index (χ4v) is 1.79. The maximum Gasteiger partial charge on any atom is 0.0810 e. The maximum atomic E-state index is 5.18. The molecule has 1 heteroatoms. The summed E-state index contributed by atoms with van der Waals surface area (Å²) in [7, 11) is 0. The predicted molar refractivity (Wildman–Crippen MR) is 66.1 cm³/mol. The molecule has 0 saturated carbocycles. The Morgan fingerprint density at radius 3 is 2.27 bits per heavy atom. The van der Waals surface area contributed by atoms with Crippen molar-refractivity contribution in [3.63, 3.8) is 0 Å². The van der Waals surface area contributed by atoms with Crippen LogP contribution in [-0.4, -0.2) is 12.7 Å². The van der Waals surface area contributed by atoms with Crippen molar-refractivity contribution in [3.8, 4) is 0 Å². The van der Waals surface area contributed by atoms with Crippen LogP contribution in [-0.2, 0) is 4.74 Å². The molecular formula is C14H26O. The highest BCUT2D eigenvalue weighted by molar-refractivity contribution is 4.81. The number of unbranched alkanes of at least 4 members (excludes halogenated alkanes) is 6. The highest BCUT2D eigenvalue weighted by atomic mass is 16.6. The van der Waals surface area contributed by atoms with Crippen LogP contribution in [0.5, 0.6) is 0 Å². The van der Waals surface area contributed by atoms with Gasteiger partial charge < -0.3 is 4.74 Å². The molecule has 0 spiro atoms. The Morgan fingerprint density at radius 2 is 1.67 bits per heavy atom. The standard InChI is InChI=1S/C14H26O/c1-2-3-4-5-6-7-8-9-10-11-12-14-13-15-14/h6-7,14H,2-5,8-13H2,1H3/b7-6+. The van der Waals surface area contributed by atoms with Crippen molar-refractivity contribution in [2.24, 2.45) is 0 Å². The van der Waals surface area contributed by atoms with Crippen molar-refractivity contribution in [1.29, 1.82) is 0 Å². The summed E-state index contributed by atoms with van der Waals surface area (Å²) < 4.78 is 5.18. The van der Waals surface area contributed by atoms with Crippen LogP contribution in [0.15, 0.2) is 12.2 Å².